The second-order valence-corrected chi connectivity index (χ2v) is 7.77. The Morgan fingerprint density at radius 3 is 2.52 bits per heavy atom. The van der Waals surface area contributed by atoms with E-state index < -0.39 is 53.8 Å². The number of carbonyl (C=O) groups is 3. The number of rotatable bonds is 5. The number of halogens is 5. The first kappa shape index (κ1) is 24.2. The zero-order valence-corrected chi connectivity index (χ0v) is 18.1. The van der Waals surface area contributed by atoms with Crippen molar-refractivity contribution in [2.24, 2.45) is 5.73 Å². The van der Waals surface area contributed by atoms with Gasteiger partial charge in [-0.15, -0.1) is 0 Å². The molecule has 0 saturated carbocycles. The maximum atomic E-state index is 13.5. The third-order valence-corrected chi connectivity index (χ3v) is 5.24. The summed E-state index contributed by atoms with van der Waals surface area (Å²) in [6.07, 6.45) is -4.72. The van der Waals surface area contributed by atoms with Gasteiger partial charge in [0.1, 0.15) is 24.2 Å². The molecule has 0 unspecified atom stereocenters. The van der Waals surface area contributed by atoms with Gasteiger partial charge in [0.25, 0.3) is 5.91 Å². The fourth-order valence-electron chi connectivity index (χ4n) is 3.40. The number of pyridine rings is 1. The number of nitrogens with zero attached hydrogens (tertiary/aromatic N) is 4. The van der Waals surface area contributed by atoms with Crippen molar-refractivity contribution in [1.29, 1.82) is 0 Å². The number of aryl methyl sites for hydroxylation is 1. The Kier molecular flexibility index (Phi) is 6.50. The average molecular weight is 488 g/mol. The molecule has 2 heterocycles. The number of carbonyl (C=O) groups excluding carboxylic acids is 3. The van der Waals surface area contributed by atoms with Crippen LogP contribution in [0.1, 0.15) is 11.3 Å². The predicted octanol–water partition coefficient (Wildman–Crippen LogP) is 2.96. The van der Waals surface area contributed by atoms with Crippen molar-refractivity contribution in [1.82, 2.24) is 9.88 Å². The molecule has 0 spiro atoms. The minimum Gasteiger partial charge on any atom is -0.368 e. The summed E-state index contributed by atoms with van der Waals surface area (Å²) in [5, 5.41) is -0.253. The van der Waals surface area contributed by atoms with Gasteiger partial charge in [-0.1, -0.05) is 11.6 Å². The molecule has 176 valence electrons. The molecule has 0 aliphatic carbocycles. The van der Waals surface area contributed by atoms with Crippen LogP contribution >= 0.6 is 11.6 Å². The standard InChI is InChI=1S/C20H18ClF4N5O3/c1-10-5-11(20(23,24)25)6-17(27-10)30-15(8-29(19(30)33)9-16(26)31)18(32)28(2)12-3-4-14(22)13(21)7-12/h3-7,15H,8-9H2,1-2H3,(H2,26,31)/t15-/m0/s1. The zero-order valence-electron chi connectivity index (χ0n) is 17.4. The van der Waals surface area contributed by atoms with Gasteiger partial charge in [0.2, 0.25) is 5.91 Å². The van der Waals surface area contributed by atoms with E-state index in [1.165, 1.54) is 26.1 Å². The van der Waals surface area contributed by atoms with E-state index in [4.69, 9.17) is 17.3 Å². The molecule has 1 atom stereocenters. The average Bonchev–Trinajstić information content (AvgIpc) is 3.03. The normalized spacial score (nSPS) is 16.3. The van der Waals surface area contributed by atoms with E-state index in [1.807, 2.05) is 0 Å². The van der Waals surface area contributed by atoms with Crippen LogP contribution in [0.3, 0.4) is 0 Å². The lowest BCUT2D eigenvalue weighted by Crippen LogP contribution is -2.47. The van der Waals surface area contributed by atoms with Gasteiger partial charge in [-0.05, 0) is 37.3 Å². The Hall–Kier alpha value is -3.41. The highest BCUT2D eigenvalue weighted by Crippen LogP contribution is 2.34. The first-order valence-electron chi connectivity index (χ1n) is 9.44. The molecule has 0 bridgehead atoms. The van der Waals surface area contributed by atoms with Gasteiger partial charge in [-0.25, -0.2) is 14.2 Å². The number of anilines is 2. The molecule has 1 aromatic heterocycles. The summed E-state index contributed by atoms with van der Waals surface area (Å²) in [7, 11) is 1.33. The van der Waals surface area contributed by atoms with Crippen LogP contribution in [0.25, 0.3) is 0 Å². The van der Waals surface area contributed by atoms with Crippen molar-refractivity contribution in [3.63, 3.8) is 0 Å². The molecule has 33 heavy (non-hydrogen) atoms. The van der Waals surface area contributed by atoms with Gasteiger partial charge in [-0.2, -0.15) is 13.2 Å². The maximum Gasteiger partial charge on any atom is 0.416 e. The molecule has 1 aliphatic heterocycles. The summed E-state index contributed by atoms with van der Waals surface area (Å²) < 4.78 is 53.5. The van der Waals surface area contributed by atoms with Gasteiger partial charge < -0.3 is 15.5 Å². The largest absolute Gasteiger partial charge is 0.416 e. The van der Waals surface area contributed by atoms with Crippen LogP contribution in [-0.2, 0) is 15.8 Å². The van der Waals surface area contributed by atoms with Gasteiger partial charge in [-0.3, -0.25) is 14.5 Å². The fourth-order valence-corrected chi connectivity index (χ4v) is 3.58. The SMILES string of the molecule is Cc1cc(C(F)(F)F)cc(N2C(=O)N(CC(N)=O)C[C@H]2C(=O)N(C)c2ccc(F)c(Cl)c2)n1. The molecule has 1 fully saturated rings. The molecule has 1 aliphatic rings. The van der Waals surface area contributed by atoms with Gasteiger partial charge in [0.15, 0.2) is 0 Å². The van der Waals surface area contributed by atoms with Crippen molar-refractivity contribution < 1.29 is 31.9 Å². The Labute approximate surface area is 190 Å². The van der Waals surface area contributed by atoms with Crippen molar-refractivity contribution in [2.75, 3.05) is 29.9 Å². The monoisotopic (exact) mass is 487 g/mol. The van der Waals surface area contributed by atoms with Crippen LogP contribution in [0.5, 0.6) is 0 Å². The maximum absolute atomic E-state index is 13.5. The minimum absolute atomic E-state index is 0.0363. The molecule has 1 aromatic carbocycles. The number of primary amides is 1. The molecule has 8 nitrogen and oxygen atoms in total. The first-order chi connectivity index (χ1) is 15.3. The molecular weight excluding hydrogens is 470 g/mol. The lowest BCUT2D eigenvalue weighted by Gasteiger charge is -2.27. The number of likely N-dealkylation sites (N-methyl/N-ethyl adjacent to an activating group) is 1. The number of nitrogens with two attached hydrogens (primary N) is 1. The molecule has 0 radical (unpaired) electrons. The smallest absolute Gasteiger partial charge is 0.368 e. The number of aromatic nitrogens is 1. The van der Waals surface area contributed by atoms with E-state index in [1.54, 1.807) is 0 Å². The molecule has 1 saturated heterocycles. The van der Waals surface area contributed by atoms with Gasteiger partial charge >= 0.3 is 12.2 Å². The summed E-state index contributed by atoms with van der Waals surface area (Å²) in [4.78, 5) is 44.4. The number of hydrogen-bond donors (Lipinski definition) is 1. The fraction of sp³-hybridized carbons (Fsp3) is 0.300. The van der Waals surface area contributed by atoms with Crippen molar-refractivity contribution in [2.45, 2.75) is 19.1 Å². The van der Waals surface area contributed by atoms with Crippen LogP contribution in [0, 0.1) is 12.7 Å². The van der Waals surface area contributed by atoms with Crippen LogP contribution in [0.2, 0.25) is 5.02 Å². The van der Waals surface area contributed by atoms with Crippen LogP contribution in [-0.4, -0.2) is 53.9 Å². The van der Waals surface area contributed by atoms with E-state index in [9.17, 15) is 31.9 Å². The van der Waals surface area contributed by atoms with E-state index in [0.29, 0.717) is 6.07 Å². The summed E-state index contributed by atoms with van der Waals surface area (Å²) in [5.74, 6) is -2.73. The minimum atomic E-state index is -4.72. The highest BCUT2D eigenvalue weighted by atomic mass is 35.5. The number of amides is 4. The predicted molar refractivity (Wildman–Crippen MR) is 111 cm³/mol. The third-order valence-electron chi connectivity index (χ3n) is 4.95. The molecule has 4 amide bonds. The molecule has 2 N–H and O–H groups in total. The number of urea groups is 1. The molecule has 2 aromatic rings. The number of alkyl halides is 3. The summed E-state index contributed by atoms with van der Waals surface area (Å²) in [5.41, 5.74) is 4.25. The topological polar surface area (TPSA) is 99.8 Å². The Bertz CT molecular complexity index is 1130. The van der Waals surface area contributed by atoms with E-state index >= 15 is 0 Å². The molecule has 3 rings (SSSR count). The Morgan fingerprint density at radius 2 is 1.94 bits per heavy atom. The Balaban J connectivity index is 2.04. The second kappa shape index (κ2) is 8.85. The number of benzene rings is 1. The van der Waals surface area contributed by atoms with E-state index in [2.05, 4.69) is 4.98 Å². The van der Waals surface area contributed by atoms with Gasteiger partial charge in [0.05, 0.1) is 17.1 Å². The quantitative estimate of drug-likeness (QED) is 0.655. The van der Waals surface area contributed by atoms with Crippen molar-refractivity contribution >= 4 is 41.0 Å². The Morgan fingerprint density at radius 1 is 1.27 bits per heavy atom. The lowest BCUT2D eigenvalue weighted by molar-refractivity contribution is -0.137. The third kappa shape index (κ3) is 5.00. The van der Waals surface area contributed by atoms with E-state index in [0.717, 1.165) is 26.8 Å². The summed E-state index contributed by atoms with van der Waals surface area (Å²) in [6, 6.07) is 2.68. The van der Waals surface area contributed by atoms with Gasteiger partial charge in [0, 0.05) is 18.4 Å². The van der Waals surface area contributed by atoms with Crippen LogP contribution in [0.15, 0.2) is 30.3 Å². The van der Waals surface area contributed by atoms with Crippen molar-refractivity contribution in [3.05, 3.63) is 52.4 Å². The van der Waals surface area contributed by atoms with E-state index in [-0.39, 0.29) is 22.9 Å². The molecular formula is C20H18ClF4N5O3. The summed E-state index contributed by atoms with van der Waals surface area (Å²) in [6.45, 7) is 0.421. The van der Waals surface area contributed by atoms with Crippen LogP contribution in [0.4, 0.5) is 33.9 Å². The summed E-state index contributed by atoms with van der Waals surface area (Å²) >= 11 is 5.77. The first-order valence-corrected chi connectivity index (χ1v) is 9.82. The zero-order chi connectivity index (χ0) is 24.7. The molecule has 13 heteroatoms. The lowest BCUT2D eigenvalue weighted by atomic mass is 10.1. The van der Waals surface area contributed by atoms with Crippen LogP contribution < -0.4 is 15.5 Å². The highest BCUT2D eigenvalue weighted by Gasteiger charge is 2.45. The second-order valence-electron chi connectivity index (χ2n) is 7.36. The number of hydrogen-bond acceptors (Lipinski definition) is 4. The highest BCUT2D eigenvalue weighted by molar-refractivity contribution is 6.31. The van der Waals surface area contributed by atoms with Crippen molar-refractivity contribution in [3.8, 4) is 0 Å².